The molecule has 2 aromatic heterocycles. The highest BCUT2D eigenvalue weighted by atomic mass is 32.2. The van der Waals surface area contributed by atoms with Gasteiger partial charge >= 0.3 is 0 Å². The normalized spacial score (nSPS) is 15.2. The molecule has 0 amide bonds. The van der Waals surface area contributed by atoms with E-state index in [1.54, 1.807) is 13.8 Å². The van der Waals surface area contributed by atoms with Crippen LogP contribution in [0.3, 0.4) is 0 Å². The quantitative estimate of drug-likeness (QED) is 0.202. The number of ether oxygens (including phenoxy) is 3. The van der Waals surface area contributed by atoms with E-state index < -0.39 is 58.9 Å². The third kappa shape index (κ3) is 6.45. The van der Waals surface area contributed by atoms with E-state index in [0.29, 0.717) is 5.56 Å². The lowest BCUT2D eigenvalue weighted by Gasteiger charge is -2.22. The van der Waals surface area contributed by atoms with Crippen LogP contribution in [-0.4, -0.2) is 68.2 Å². The molecule has 4 rings (SSSR count). The molecule has 210 valence electrons. The largest absolute Gasteiger partial charge is 0.493 e. The highest BCUT2D eigenvalue weighted by Gasteiger charge is 2.27. The average Bonchev–Trinajstić information content (AvgIpc) is 3.02. The molecule has 0 atom stereocenters. The van der Waals surface area contributed by atoms with Crippen LogP contribution in [0.25, 0.3) is 11.6 Å². The number of aromatic nitrogens is 4. The Morgan fingerprint density at radius 3 is 2.48 bits per heavy atom. The van der Waals surface area contributed by atoms with Gasteiger partial charge in [-0.1, -0.05) is 38.1 Å². The summed E-state index contributed by atoms with van der Waals surface area (Å²) in [4.78, 5) is 16.1. The number of nitrogens with zero attached hydrogens (tertiary/aromatic N) is 4. The van der Waals surface area contributed by atoms with E-state index in [2.05, 4.69) is 30.2 Å². The summed E-state index contributed by atoms with van der Waals surface area (Å²) >= 11 is 0. The SMILES string of the molecule is [2H]OCC([2H])([2H])Oc1nc(-c2ncccn2)nc(N([2H])S(=O)(=O)c2ccc(C(C)(C)CO[2H])cc2)c1Oc1ccccc1OC([2H])([2H])[2H]. The second-order valence-corrected chi connectivity index (χ2v) is 10.3. The molecule has 0 radical (unpaired) electrons. The molecule has 4 aromatic rings. The molecule has 0 fully saturated rings. The minimum absolute atomic E-state index is 0.0137. The molecule has 2 aromatic carbocycles. The molecule has 40 heavy (non-hydrogen) atoms. The van der Waals surface area contributed by atoms with Crippen molar-refractivity contribution in [2.75, 3.05) is 31.5 Å². The van der Waals surface area contributed by atoms with Gasteiger partial charge in [-0.05, 0) is 35.9 Å². The Morgan fingerprint density at radius 2 is 1.77 bits per heavy atom. The van der Waals surface area contributed by atoms with E-state index in [1.807, 2.05) is 0 Å². The highest BCUT2D eigenvalue weighted by Crippen LogP contribution is 2.41. The van der Waals surface area contributed by atoms with Gasteiger partial charge in [0.2, 0.25) is 14.4 Å². The maximum atomic E-state index is 13.9. The zero-order valence-electron chi connectivity index (χ0n) is 29.3. The second kappa shape index (κ2) is 12.2. The first-order valence-electron chi connectivity index (χ1n) is 15.4. The van der Waals surface area contributed by atoms with Crippen LogP contribution in [0.1, 0.15) is 26.3 Å². The van der Waals surface area contributed by atoms with Crippen LogP contribution in [0, 0.1) is 0 Å². The smallest absolute Gasteiger partial charge is 0.263 e. The van der Waals surface area contributed by atoms with Crippen molar-refractivity contribution in [1.29, 1.82) is 2.86 Å². The molecule has 0 unspecified atom stereocenters. The minimum Gasteiger partial charge on any atom is -0.493 e. The van der Waals surface area contributed by atoms with Crippen molar-refractivity contribution in [3.05, 3.63) is 72.6 Å². The van der Waals surface area contributed by atoms with Crippen molar-refractivity contribution < 1.29 is 41.1 Å². The average molecular weight is 576 g/mol. The van der Waals surface area contributed by atoms with E-state index in [-0.39, 0.29) is 33.5 Å². The van der Waals surface area contributed by atoms with E-state index in [0.717, 1.165) is 0 Å². The third-order valence-corrected chi connectivity index (χ3v) is 6.76. The standard InChI is InChI=1S/C27H29N5O7S/c1-27(2,17-34)18-9-11-19(12-10-18)40(35,36)32-23-22(39-21-8-5-4-7-20(21)37-3)26(38-16-15-33)31-25(30-23)24-28-13-6-14-29-24/h4-14,33-34H,15-17H2,1-3H3,(H,30,31,32)/i3D3,16D2,33D,34D/hD. The number of aliphatic hydroxyl groups excluding tert-OH is 2. The molecule has 0 saturated carbocycles. The first-order chi connectivity index (χ1) is 22.5. The molecule has 0 aliphatic carbocycles. The summed E-state index contributed by atoms with van der Waals surface area (Å²) in [6.45, 7) is -0.118. The Hall–Kier alpha value is -4.33. The van der Waals surface area contributed by atoms with Gasteiger partial charge in [-0.3, -0.25) is 4.72 Å². The van der Waals surface area contributed by atoms with Gasteiger partial charge in [0.05, 0.1) is 32.0 Å². The van der Waals surface area contributed by atoms with Crippen LogP contribution in [0.2, 0.25) is 1.41 Å². The van der Waals surface area contributed by atoms with Gasteiger partial charge in [0.25, 0.3) is 15.9 Å². The highest BCUT2D eigenvalue weighted by molar-refractivity contribution is 7.92. The van der Waals surface area contributed by atoms with Gasteiger partial charge < -0.3 is 24.4 Å². The molecule has 3 N–H and O–H groups in total. The number of para-hydroxylation sites is 2. The third-order valence-electron chi connectivity index (χ3n) is 5.48. The minimum atomic E-state index is -4.79. The summed E-state index contributed by atoms with van der Waals surface area (Å²) < 4.78 is 106. The van der Waals surface area contributed by atoms with Crippen molar-refractivity contribution in [2.45, 2.75) is 24.2 Å². The monoisotopic (exact) mass is 575 g/mol. The first-order valence-corrected chi connectivity index (χ1v) is 13.1. The lowest BCUT2D eigenvalue weighted by Crippen LogP contribution is -2.22. The predicted molar refractivity (Wildman–Crippen MR) is 146 cm³/mol. The van der Waals surface area contributed by atoms with Gasteiger partial charge in [0.1, 0.15) is 6.56 Å². The fraction of sp³-hybridized carbons (Fsp3) is 0.259. The van der Waals surface area contributed by atoms with Crippen molar-refractivity contribution in [3.63, 3.8) is 0 Å². The second-order valence-electron chi connectivity index (χ2n) is 8.74. The van der Waals surface area contributed by atoms with Crippen LogP contribution in [0.15, 0.2) is 71.9 Å². The number of hydrogen-bond donors (Lipinski definition) is 3. The van der Waals surface area contributed by atoms with Crippen molar-refractivity contribution in [3.8, 4) is 34.8 Å². The number of anilines is 1. The van der Waals surface area contributed by atoms with Crippen LogP contribution >= 0.6 is 0 Å². The lowest BCUT2D eigenvalue weighted by molar-refractivity contribution is 0.192. The lowest BCUT2D eigenvalue weighted by atomic mass is 9.86. The summed E-state index contributed by atoms with van der Waals surface area (Å²) in [6.07, 6.45) is 2.66. The number of nitrogens with one attached hydrogen (secondary N) is 1. The van der Waals surface area contributed by atoms with Gasteiger partial charge in [0, 0.05) is 17.8 Å². The molecule has 13 heteroatoms. The molecular weight excluding hydrogens is 538 g/mol. The van der Waals surface area contributed by atoms with Crippen LogP contribution in [0.4, 0.5) is 5.82 Å². The van der Waals surface area contributed by atoms with Gasteiger partial charge in [-0.25, -0.2) is 23.4 Å². The number of sulfonamides is 1. The number of methoxy groups -OCH3 is 1. The van der Waals surface area contributed by atoms with Crippen LogP contribution < -0.4 is 18.9 Å². The topological polar surface area (TPSA) is 166 Å². The summed E-state index contributed by atoms with van der Waals surface area (Å²) in [5.41, 5.74) is -0.0126. The van der Waals surface area contributed by atoms with Gasteiger partial charge in [-0.15, -0.1) is 0 Å². The Bertz CT molecular complexity index is 1820. The molecule has 0 saturated heterocycles. The zero-order chi connectivity index (χ0) is 35.3. The Labute approximate surface area is 243 Å². The number of hydrogen-bond acceptors (Lipinski definition) is 11. The summed E-state index contributed by atoms with van der Waals surface area (Å²) in [6, 6.07) is 12.3. The molecule has 2 heterocycles. The van der Waals surface area contributed by atoms with Crippen LogP contribution in [0.5, 0.6) is 23.1 Å². The molecule has 0 aliphatic heterocycles. The van der Waals surface area contributed by atoms with Gasteiger partial charge in [-0.2, -0.15) is 4.98 Å². The number of benzene rings is 2. The molecule has 0 aliphatic rings. The molecule has 0 bridgehead atoms. The van der Waals surface area contributed by atoms with Crippen molar-refractivity contribution in [1.82, 2.24) is 19.9 Å². The summed E-state index contributed by atoms with van der Waals surface area (Å²) in [7, 11) is -7.73. The fourth-order valence-electron chi connectivity index (χ4n) is 3.31. The maximum absolute atomic E-state index is 13.9. The Balaban J connectivity index is 1.95. The van der Waals surface area contributed by atoms with Gasteiger partial charge in [0.15, 0.2) is 24.6 Å². The van der Waals surface area contributed by atoms with Crippen molar-refractivity contribution in [2.24, 2.45) is 0 Å². The maximum Gasteiger partial charge on any atom is 0.263 e. The van der Waals surface area contributed by atoms with E-state index >= 15 is 0 Å². The Kier molecular flexibility index (Phi) is 6.02. The molecular formula is C27H29N5O7S. The summed E-state index contributed by atoms with van der Waals surface area (Å²) in [5.74, 6) is -3.60. The van der Waals surface area contributed by atoms with Crippen molar-refractivity contribution >= 4 is 15.8 Å². The summed E-state index contributed by atoms with van der Waals surface area (Å²) in [5, 5.41) is 8.68. The van der Waals surface area contributed by atoms with E-state index in [4.69, 9.17) is 25.3 Å². The number of rotatable bonds is 14. The predicted octanol–water partition coefficient (Wildman–Crippen LogP) is 3.18. The van der Waals surface area contributed by atoms with E-state index in [1.165, 1.54) is 67.0 Å². The first kappa shape index (κ1) is 19.7. The molecule has 0 spiro atoms. The fourth-order valence-corrected chi connectivity index (χ4v) is 4.24. The Morgan fingerprint density at radius 1 is 1.02 bits per heavy atom. The van der Waals surface area contributed by atoms with Crippen LogP contribution in [-0.2, 0) is 15.4 Å². The number of aliphatic hydroxyl groups is 2. The molecule has 12 nitrogen and oxygen atoms in total. The van der Waals surface area contributed by atoms with E-state index in [9.17, 15) is 8.42 Å². The zero-order valence-corrected chi connectivity index (χ0v) is 22.1.